The third kappa shape index (κ3) is 5.68. The largest absolute Gasteiger partial charge is 0.497 e. The first-order chi connectivity index (χ1) is 10.2. The summed E-state index contributed by atoms with van der Waals surface area (Å²) in [5.41, 5.74) is 6.54. The van der Waals surface area contributed by atoms with Crippen molar-refractivity contribution in [3.8, 4) is 5.75 Å². The fourth-order valence-electron chi connectivity index (χ4n) is 1.95. The van der Waals surface area contributed by atoms with E-state index in [1.807, 2.05) is 18.2 Å². The molecule has 0 aliphatic carbocycles. The van der Waals surface area contributed by atoms with Crippen LogP contribution in [0.1, 0.15) is 0 Å². The summed E-state index contributed by atoms with van der Waals surface area (Å²) in [5, 5.41) is 2.93. The zero-order valence-electron chi connectivity index (χ0n) is 12.4. The maximum Gasteiger partial charge on any atom is 0.244 e. The zero-order chi connectivity index (χ0) is 15.1. The molecule has 1 aromatic rings. The first-order valence-corrected chi connectivity index (χ1v) is 6.75. The van der Waals surface area contributed by atoms with Gasteiger partial charge in [0, 0.05) is 24.8 Å². The first-order valence-electron chi connectivity index (χ1n) is 6.75. The van der Waals surface area contributed by atoms with Gasteiger partial charge in [0.15, 0.2) is 5.96 Å². The Morgan fingerprint density at radius 3 is 2.86 bits per heavy atom. The lowest BCUT2D eigenvalue weighted by molar-refractivity contribution is -0.133. The van der Waals surface area contributed by atoms with Crippen molar-refractivity contribution in [1.29, 1.82) is 0 Å². The van der Waals surface area contributed by atoms with Crippen LogP contribution in [0.3, 0.4) is 0 Å². The highest BCUT2D eigenvalue weighted by molar-refractivity contribution is 14.0. The van der Waals surface area contributed by atoms with Gasteiger partial charge in [0.25, 0.3) is 0 Å². The molecule has 1 aliphatic rings. The van der Waals surface area contributed by atoms with Crippen molar-refractivity contribution in [2.75, 3.05) is 45.3 Å². The summed E-state index contributed by atoms with van der Waals surface area (Å²) in [6, 6.07) is 7.31. The molecule has 122 valence electrons. The van der Waals surface area contributed by atoms with Crippen LogP contribution in [0.25, 0.3) is 0 Å². The maximum atomic E-state index is 11.9. The van der Waals surface area contributed by atoms with Gasteiger partial charge in [-0.05, 0) is 12.1 Å². The molecule has 7 nitrogen and oxygen atoms in total. The Hall–Kier alpha value is -1.55. The number of rotatable bonds is 4. The number of anilines is 1. The number of hydrogen-bond acceptors (Lipinski definition) is 4. The number of guanidine groups is 1. The molecule has 1 saturated heterocycles. The van der Waals surface area contributed by atoms with Crippen LogP contribution >= 0.6 is 24.0 Å². The van der Waals surface area contributed by atoms with Crippen molar-refractivity contribution in [1.82, 2.24) is 4.90 Å². The molecule has 0 radical (unpaired) electrons. The fourth-order valence-corrected chi connectivity index (χ4v) is 1.95. The Kier molecular flexibility index (Phi) is 7.96. The molecule has 0 unspecified atom stereocenters. The molecule has 1 fully saturated rings. The lowest BCUT2D eigenvalue weighted by Crippen LogP contribution is -2.42. The average Bonchev–Trinajstić information content (AvgIpc) is 2.53. The Morgan fingerprint density at radius 2 is 2.18 bits per heavy atom. The highest BCUT2D eigenvalue weighted by Gasteiger charge is 2.15. The molecule has 0 saturated carbocycles. The molecule has 1 heterocycles. The second kappa shape index (κ2) is 9.46. The third-order valence-corrected chi connectivity index (χ3v) is 3.09. The SMILES string of the molecule is COc1cccc(NC(N)=NCC(=O)N2CCOCC2)c1.I. The summed E-state index contributed by atoms with van der Waals surface area (Å²) in [5.74, 6) is 0.871. The molecule has 1 amide bonds. The number of aliphatic imine (C=N–C) groups is 1. The molecule has 0 bridgehead atoms. The van der Waals surface area contributed by atoms with E-state index < -0.39 is 0 Å². The van der Waals surface area contributed by atoms with Gasteiger partial charge in [0.05, 0.1) is 20.3 Å². The summed E-state index contributed by atoms with van der Waals surface area (Å²) >= 11 is 0. The number of carbonyl (C=O) groups is 1. The van der Waals surface area contributed by atoms with Gasteiger partial charge in [0.2, 0.25) is 5.91 Å². The van der Waals surface area contributed by atoms with E-state index in [1.165, 1.54) is 0 Å². The van der Waals surface area contributed by atoms with E-state index in [0.29, 0.717) is 26.3 Å². The summed E-state index contributed by atoms with van der Waals surface area (Å²) in [4.78, 5) is 17.7. The lowest BCUT2D eigenvalue weighted by atomic mass is 10.3. The predicted molar refractivity (Wildman–Crippen MR) is 95.9 cm³/mol. The molecular formula is C14H21IN4O3. The third-order valence-electron chi connectivity index (χ3n) is 3.09. The van der Waals surface area contributed by atoms with Crippen molar-refractivity contribution in [3.05, 3.63) is 24.3 Å². The van der Waals surface area contributed by atoms with Gasteiger partial charge in [-0.15, -0.1) is 24.0 Å². The molecule has 3 N–H and O–H groups in total. The molecule has 1 aliphatic heterocycles. The zero-order valence-corrected chi connectivity index (χ0v) is 14.8. The molecule has 0 spiro atoms. The first kappa shape index (κ1) is 18.5. The van der Waals surface area contributed by atoms with Gasteiger partial charge in [-0.2, -0.15) is 0 Å². The van der Waals surface area contributed by atoms with Crippen LogP contribution in [0.15, 0.2) is 29.3 Å². The molecule has 0 atom stereocenters. The Bertz CT molecular complexity index is 519. The Balaban J connectivity index is 0.00000242. The van der Waals surface area contributed by atoms with E-state index in [4.69, 9.17) is 15.2 Å². The van der Waals surface area contributed by atoms with E-state index in [1.54, 1.807) is 18.1 Å². The van der Waals surface area contributed by atoms with Gasteiger partial charge in [-0.25, -0.2) is 4.99 Å². The van der Waals surface area contributed by atoms with Gasteiger partial charge in [-0.1, -0.05) is 6.07 Å². The van der Waals surface area contributed by atoms with Gasteiger partial charge in [0.1, 0.15) is 12.3 Å². The number of morpholine rings is 1. The van der Waals surface area contributed by atoms with Gasteiger partial charge < -0.3 is 25.4 Å². The average molecular weight is 420 g/mol. The fraction of sp³-hybridized carbons (Fsp3) is 0.429. The Morgan fingerprint density at radius 1 is 1.45 bits per heavy atom. The summed E-state index contributed by atoms with van der Waals surface area (Å²) in [6.45, 7) is 2.40. The Labute approximate surface area is 146 Å². The van der Waals surface area contributed by atoms with Crippen molar-refractivity contribution < 1.29 is 14.3 Å². The summed E-state index contributed by atoms with van der Waals surface area (Å²) in [6.07, 6.45) is 0. The van der Waals surface area contributed by atoms with Crippen molar-refractivity contribution in [2.45, 2.75) is 0 Å². The van der Waals surface area contributed by atoms with E-state index >= 15 is 0 Å². The minimum Gasteiger partial charge on any atom is -0.497 e. The minimum atomic E-state index is -0.0475. The minimum absolute atomic E-state index is 0. The monoisotopic (exact) mass is 420 g/mol. The maximum absolute atomic E-state index is 11.9. The number of nitrogens with two attached hydrogens (primary N) is 1. The van der Waals surface area contributed by atoms with Crippen LogP contribution in [0.2, 0.25) is 0 Å². The number of hydrogen-bond donors (Lipinski definition) is 2. The van der Waals surface area contributed by atoms with Crippen LogP contribution in [-0.4, -0.2) is 56.7 Å². The van der Waals surface area contributed by atoms with Crippen molar-refractivity contribution in [2.24, 2.45) is 10.7 Å². The number of methoxy groups -OCH3 is 1. The van der Waals surface area contributed by atoms with Crippen molar-refractivity contribution in [3.63, 3.8) is 0 Å². The van der Waals surface area contributed by atoms with Crippen LogP contribution in [0.4, 0.5) is 5.69 Å². The molecule has 1 aromatic carbocycles. The van der Waals surface area contributed by atoms with E-state index in [0.717, 1.165) is 11.4 Å². The van der Waals surface area contributed by atoms with Crippen LogP contribution in [-0.2, 0) is 9.53 Å². The van der Waals surface area contributed by atoms with Crippen molar-refractivity contribution >= 4 is 41.5 Å². The molecule has 2 rings (SSSR count). The molecule has 22 heavy (non-hydrogen) atoms. The van der Waals surface area contributed by atoms with Gasteiger partial charge >= 0.3 is 0 Å². The number of benzene rings is 1. The molecule has 0 aromatic heterocycles. The number of amides is 1. The molecule has 8 heteroatoms. The smallest absolute Gasteiger partial charge is 0.244 e. The number of halogens is 1. The second-order valence-corrected chi connectivity index (χ2v) is 4.55. The molecular weight excluding hydrogens is 399 g/mol. The number of ether oxygens (including phenoxy) is 2. The number of nitrogens with one attached hydrogen (secondary N) is 1. The van der Waals surface area contributed by atoms with Crippen LogP contribution < -0.4 is 15.8 Å². The standard InChI is InChI=1S/C14H20N4O3.HI/c1-20-12-4-2-3-11(9-12)17-14(15)16-10-13(19)18-5-7-21-8-6-18;/h2-4,9H,5-8,10H2,1H3,(H3,15,16,17);1H. The van der Waals surface area contributed by atoms with E-state index in [2.05, 4.69) is 10.3 Å². The highest BCUT2D eigenvalue weighted by atomic mass is 127. The van der Waals surface area contributed by atoms with Crippen LogP contribution in [0, 0.1) is 0 Å². The lowest BCUT2D eigenvalue weighted by Gasteiger charge is -2.26. The summed E-state index contributed by atoms with van der Waals surface area (Å²) < 4.78 is 10.3. The normalized spacial score (nSPS) is 15.0. The highest BCUT2D eigenvalue weighted by Crippen LogP contribution is 2.16. The number of carbonyl (C=O) groups excluding carboxylic acids is 1. The van der Waals surface area contributed by atoms with E-state index in [-0.39, 0.29) is 42.4 Å². The summed E-state index contributed by atoms with van der Waals surface area (Å²) in [7, 11) is 1.59. The quantitative estimate of drug-likeness (QED) is 0.429. The van der Waals surface area contributed by atoms with E-state index in [9.17, 15) is 4.79 Å². The topological polar surface area (TPSA) is 89.2 Å². The van der Waals surface area contributed by atoms with Gasteiger partial charge in [-0.3, -0.25) is 4.79 Å². The predicted octanol–water partition coefficient (Wildman–Crippen LogP) is 0.899. The second-order valence-electron chi connectivity index (χ2n) is 4.55. The van der Waals surface area contributed by atoms with Crippen LogP contribution in [0.5, 0.6) is 5.75 Å². The number of nitrogens with zero attached hydrogens (tertiary/aromatic N) is 2.